The maximum absolute atomic E-state index is 8.74. The van der Waals surface area contributed by atoms with Crippen molar-refractivity contribution in [2.75, 3.05) is 0 Å². The van der Waals surface area contributed by atoms with Crippen molar-refractivity contribution in [3.8, 4) is 0 Å². The summed E-state index contributed by atoms with van der Waals surface area (Å²) in [6, 6.07) is 0. The van der Waals surface area contributed by atoms with Crippen molar-refractivity contribution >= 4 is 10.4 Å². The van der Waals surface area contributed by atoms with Gasteiger partial charge in [0.25, 0.3) is 0 Å². The number of nitrogens with zero attached hydrogens (tertiary/aromatic N) is 6. The molecule has 0 aromatic carbocycles. The van der Waals surface area contributed by atoms with Crippen LogP contribution in [-0.2, 0) is 10.4 Å². The molecule has 0 aromatic rings. The lowest BCUT2D eigenvalue weighted by atomic mass is 13.0. The fraction of sp³-hybridized carbons (Fsp3) is 0. The van der Waals surface area contributed by atoms with Crippen LogP contribution >= 0.6 is 0 Å². The topological polar surface area (TPSA) is 192 Å². The standard InChI is InChI=1S/2N3.H2O4S/c2*1-3-2;1-5(2,3)4/h;;(H2,1,2,3,4)/q2*-1;. The van der Waals surface area contributed by atoms with Crippen molar-refractivity contribution < 1.29 is 17.5 Å². The zero-order valence-electron chi connectivity index (χ0n) is 4.80. The predicted molar refractivity (Wildman–Crippen MR) is 34.3 cm³/mol. The molecule has 0 aliphatic heterocycles. The molecule has 0 saturated carbocycles. The Kier molecular flexibility index (Phi) is 16.7. The molecule has 11 heavy (non-hydrogen) atoms. The summed E-state index contributed by atoms with van der Waals surface area (Å²) in [5.74, 6) is 0. The van der Waals surface area contributed by atoms with E-state index in [4.69, 9.17) is 39.6 Å². The lowest BCUT2D eigenvalue weighted by Crippen LogP contribution is -1.89. The van der Waals surface area contributed by atoms with Crippen LogP contribution in [0.15, 0.2) is 0 Å². The minimum Gasteiger partial charge on any atom is -0.373 e. The second-order valence-electron chi connectivity index (χ2n) is 0.627. The average Bonchev–Trinajstić information content (AvgIpc) is 1.62. The highest BCUT2D eigenvalue weighted by Crippen LogP contribution is 1.59. The highest BCUT2D eigenvalue weighted by atomic mass is 32.3. The molecule has 64 valence electrons. The molecule has 0 spiro atoms. The number of hydrogen-bond donors (Lipinski definition) is 2. The van der Waals surface area contributed by atoms with E-state index in [0.29, 0.717) is 0 Å². The summed E-state index contributed by atoms with van der Waals surface area (Å²) in [5.41, 5.74) is 27.0. The first-order valence-corrected chi connectivity index (χ1v) is 2.90. The third kappa shape index (κ3) is 157. The minimum absolute atomic E-state index is 1.50. The molecule has 0 aliphatic rings. The van der Waals surface area contributed by atoms with Gasteiger partial charge in [-0.05, 0) is 0 Å². The zero-order valence-corrected chi connectivity index (χ0v) is 5.62. The summed E-state index contributed by atoms with van der Waals surface area (Å²) in [5, 5.41) is 0. The van der Waals surface area contributed by atoms with Crippen LogP contribution in [0.25, 0.3) is 31.9 Å². The van der Waals surface area contributed by atoms with Gasteiger partial charge in [-0.15, -0.1) is 0 Å². The Morgan fingerprint density at radius 3 is 0.909 bits per heavy atom. The molecule has 0 amide bonds. The van der Waals surface area contributed by atoms with Gasteiger partial charge in [0, 0.05) is 0 Å². The average molecular weight is 182 g/mol. The zero-order chi connectivity index (χ0) is 9.91. The van der Waals surface area contributed by atoms with Crippen LogP contribution in [0.3, 0.4) is 0 Å². The Morgan fingerprint density at radius 1 is 0.909 bits per heavy atom. The smallest absolute Gasteiger partial charge is 0.373 e. The predicted octanol–water partition coefficient (Wildman–Crippen LogP) is 1.08. The van der Waals surface area contributed by atoms with Gasteiger partial charge >= 0.3 is 10.4 Å². The Morgan fingerprint density at radius 2 is 0.909 bits per heavy atom. The molecule has 0 fully saturated rings. The van der Waals surface area contributed by atoms with E-state index in [0.717, 1.165) is 0 Å². The molecule has 0 radical (unpaired) electrons. The SMILES string of the molecule is O=S(=O)(O)O.[N-]=[N+]=[N-].[N-]=[N+]=[N-]. The third-order valence-corrected chi connectivity index (χ3v) is 0. The van der Waals surface area contributed by atoms with Crippen molar-refractivity contribution in [2.45, 2.75) is 0 Å². The van der Waals surface area contributed by atoms with Gasteiger partial charge in [-0.2, -0.15) is 8.42 Å². The van der Waals surface area contributed by atoms with Crippen molar-refractivity contribution in [1.29, 1.82) is 0 Å². The monoisotopic (exact) mass is 182 g/mol. The molecule has 0 bridgehead atoms. The molecule has 0 heterocycles. The fourth-order valence-corrected chi connectivity index (χ4v) is 0. The first-order valence-electron chi connectivity index (χ1n) is 1.50. The van der Waals surface area contributed by atoms with Gasteiger partial charge < -0.3 is 22.1 Å². The van der Waals surface area contributed by atoms with Gasteiger partial charge in [0.2, 0.25) is 0 Å². The first kappa shape index (κ1) is 16.2. The van der Waals surface area contributed by atoms with Crippen LogP contribution in [0, 0.1) is 0 Å². The molecule has 11 heteroatoms. The van der Waals surface area contributed by atoms with Crippen molar-refractivity contribution in [1.82, 2.24) is 0 Å². The molecule has 0 unspecified atom stereocenters. The Bertz CT molecular complexity index is 205. The molecule has 0 atom stereocenters. The van der Waals surface area contributed by atoms with Crippen molar-refractivity contribution in [3.05, 3.63) is 31.9 Å². The van der Waals surface area contributed by atoms with Gasteiger partial charge in [-0.3, -0.25) is 18.9 Å². The van der Waals surface area contributed by atoms with Gasteiger partial charge in [0.15, 0.2) is 0 Å². The van der Waals surface area contributed by atoms with Gasteiger partial charge in [0.05, 0.1) is 0 Å². The largest absolute Gasteiger partial charge is 0.394 e. The second-order valence-corrected chi connectivity index (χ2v) is 1.52. The van der Waals surface area contributed by atoms with Crippen LogP contribution < -0.4 is 0 Å². The molecule has 0 aromatic heterocycles. The van der Waals surface area contributed by atoms with E-state index >= 15 is 0 Å². The van der Waals surface area contributed by atoms with Gasteiger partial charge in [0.1, 0.15) is 0 Å². The maximum atomic E-state index is 8.74. The van der Waals surface area contributed by atoms with E-state index < -0.39 is 10.4 Å². The molecule has 0 saturated heterocycles. The maximum Gasteiger partial charge on any atom is 0.394 e. The number of rotatable bonds is 0. The van der Waals surface area contributed by atoms with Crippen molar-refractivity contribution in [2.24, 2.45) is 0 Å². The Balaban J connectivity index is -0.0000000933. The van der Waals surface area contributed by atoms with E-state index in [2.05, 4.69) is 0 Å². The molecular weight excluding hydrogens is 180 g/mol. The van der Waals surface area contributed by atoms with Crippen LogP contribution in [-0.4, -0.2) is 17.5 Å². The van der Waals surface area contributed by atoms with E-state index in [1.165, 1.54) is 9.82 Å². The summed E-state index contributed by atoms with van der Waals surface area (Å²) in [6.07, 6.45) is 0. The molecule has 0 aliphatic carbocycles. The van der Waals surface area contributed by atoms with E-state index in [1.54, 1.807) is 0 Å². The van der Waals surface area contributed by atoms with Crippen LogP contribution in [0.1, 0.15) is 0 Å². The van der Waals surface area contributed by atoms with Gasteiger partial charge in [-0.25, -0.2) is 0 Å². The molecule has 2 N–H and O–H groups in total. The fourth-order valence-electron chi connectivity index (χ4n) is 0. The molecule has 10 nitrogen and oxygen atoms in total. The summed E-state index contributed by atoms with van der Waals surface area (Å²) in [6.45, 7) is 0. The second kappa shape index (κ2) is 11.3. The van der Waals surface area contributed by atoms with Crippen LogP contribution in [0.2, 0.25) is 0 Å². The summed E-state index contributed by atoms with van der Waals surface area (Å²) < 4.78 is 31.6. The van der Waals surface area contributed by atoms with E-state index in [-0.39, 0.29) is 0 Å². The van der Waals surface area contributed by atoms with Gasteiger partial charge in [-0.1, -0.05) is 0 Å². The van der Waals surface area contributed by atoms with E-state index in [1.807, 2.05) is 0 Å². The molecule has 0 rings (SSSR count). The first-order chi connectivity index (χ1) is 4.83. The summed E-state index contributed by atoms with van der Waals surface area (Å²) in [4.78, 5) is 3.00. The van der Waals surface area contributed by atoms with Crippen LogP contribution in [0.4, 0.5) is 0 Å². The lowest BCUT2D eigenvalue weighted by molar-refractivity contribution is 0.381. The summed E-state index contributed by atoms with van der Waals surface area (Å²) >= 11 is 0. The number of hydrogen-bond acceptors (Lipinski definition) is 2. The Labute approximate surface area is 60.9 Å². The minimum atomic E-state index is -4.67. The quantitative estimate of drug-likeness (QED) is 0.245. The lowest BCUT2D eigenvalue weighted by Gasteiger charge is -1.68. The highest BCUT2D eigenvalue weighted by molar-refractivity contribution is 7.79. The molecular formula is H2N6O4S-2. The third-order valence-electron chi connectivity index (χ3n) is 0. The summed E-state index contributed by atoms with van der Waals surface area (Å²) in [7, 11) is -4.67. The van der Waals surface area contributed by atoms with Crippen LogP contribution in [0.5, 0.6) is 0 Å². The van der Waals surface area contributed by atoms with E-state index in [9.17, 15) is 0 Å². The normalized spacial score (nSPS) is 6.73. The highest BCUT2D eigenvalue weighted by Gasteiger charge is 1.84. The Hall–Kier alpha value is -1.51. The van der Waals surface area contributed by atoms with Crippen molar-refractivity contribution in [3.63, 3.8) is 0 Å².